The average Bonchev–Trinajstić information content (AvgIpc) is 3.33. The molecule has 1 aliphatic heterocycles. The fourth-order valence-corrected chi connectivity index (χ4v) is 5.47. The molecule has 0 bridgehead atoms. The van der Waals surface area contributed by atoms with Crippen LogP contribution in [0, 0.1) is 5.92 Å². The third-order valence-electron chi connectivity index (χ3n) is 7.22. The van der Waals surface area contributed by atoms with Crippen molar-refractivity contribution in [3.05, 3.63) is 106 Å². The molecule has 0 aliphatic carbocycles. The Balaban J connectivity index is 1.27. The average molecular weight is 528 g/mol. The topological polar surface area (TPSA) is 46.3 Å². The molecule has 0 unspecified atom stereocenters. The quantitative estimate of drug-likeness (QED) is 0.234. The van der Waals surface area contributed by atoms with E-state index < -0.39 is 0 Å². The summed E-state index contributed by atoms with van der Waals surface area (Å²) in [5, 5.41) is 15.5. The molecule has 3 aromatic carbocycles. The van der Waals surface area contributed by atoms with Crippen LogP contribution in [-0.2, 0) is 13.0 Å². The fourth-order valence-electron chi connectivity index (χ4n) is 5.22. The van der Waals surface area contributed by atoms with Gasteiger partial charge in [0.25, 0.3) is 0 Å². The molecule has 186 valence electrons. The number of fused-ring (bicyclic) bond motifs is 1. The number of hydrogen-bond donors (Lipinski definition) is 0. The van der Waals surface area contributed by atoms with Crippen molar-refractivity contribution in [1.29, 1.82) is 0 Å². The van der Waals surface area contributed by atoms with Gasteiger partial charge in [-0.25, -0.2) is 0 Å². The third kappa shape index (κ3) is 5.26. The molecule has 5 aromatic rings. The Hall–Kier alpha value is -3.25. The highest BCUT2D eigenvalue weighted by atomic mass is 35.5. The standard InChI is InChI=1S/C30H27Cl2N5/c31-25-10-6-23(7-11-25)27-19-33-37-28(34-35-30(37)29(27)24-8-12-26(32)13-9-24)18-21-14-16-36(17-15-21)20-22-4-2-1-3-5-22/h1-13,19,21H,14-18,20H2. The van der Waals surface area contributed by atoms with Crippen molar-refractivity contribution in [2.24, 2.45) is 5.92 Å². The molecular weight excluding hydrogens is 501 g/mol. The lowest BCUT2D eigenvalue weighted by Crippen LogP contribution is -2.34. The summed E-state index contributed by atoms with van der Waals surface area (Å²) in [4.78, 5) is 2.54. The van der Waals surface area contributed by atoms with Crippen LogP contribution >= 0.6 is 23.2 Å². The molecule has 0 amide bonds. The van der Waals surface area contributed by atoms with Crippen molar-refractivity contribution in [3.63, 3.8) is 0 Å². The Labute approximate surface area is 226 Å². The number of nitrogens with zero attached hydrogens (tertiary/aromatic N) is 5. The number of halogens is 2. The van der Waals surface area contributed by atoms with Gasteiger partial charge in [0.05, 0.1) is 6.20 Å². The van der Waals surface area contributed by atoms with Crippen LogP contribution in [-0.4, -0.2) is 37.8 Å². The van der Waals surface area contributed by atoms with E-state index in [9.17, 15) is 0 Å². The van der Waals surface area contributed by atoms with Crippen LogP contribution in [0.2, 0.25) is 10.0 Å². The Morgan fingerprint density at radius 1 is 0.757 bits per heavy atom. The molecule has 7 heteroatoms. The van der Waals surface area contributed by atoms with Crippen LogP contribution < -0.4 is 0 Å². The second-order valence-electron chi connectivity index (χ2n) is 9.71. The van der Waals surface area contributed by atoms with Crippen molar-refractivity contribution in [1.82, 2.24) is 24.7 Å². The monoisotopic (exact) mass is 527 g/mol. The van der Waals surface area contributed by atoms with E-state index in [1.807, 2.05) is 59.2 Å². The normalized spacial score (nSPS) is 14.9. The van der Waals surface area contributed by atoms with Crippen LogP contribution in [0.1, 0.15) is 24.2 Å². The summed E-state index contributed by atoms with van der Waals surface area (Å²) >= 11 is 12.4. The van der Waals surface area contributed by atoms with Gasteiger partial charge < -0.3 is 0 Å². The third-order valence-corrected chi connectivity index (χ3v) is 7.72. The minimum Gasteiger partial charge on any atom is -0.299 e. The number of piperidine rings is 1. The van der Waals surface area contributed by atoms with E-state index in [1.54, 1.807) is 0 Å². The number of hydrogen-bond acceptors (Lipinski definition) is 4. The zero-order chi connectivity index (χ0) is 25.2. The molecular formula is C30H27Cl2N5. The zero-order valence-electron chi connectivity index (χ0n) is 20.4. The molecule has 0 N–H and O–H groups in total. The lowest BCUT2D eigenvalue weighted by atomic mass is 9.93. The van der Waals surface area contributed by atoms with E-state index in [4.69, 9.17) is 28.3 Å². The van der Waals surface area contributed by atoms with Gasteiger partial charge in [0.15, 0.2) is 11.5 Å². The maximum Gasteiger partial charge on any atom is 0.186 e. The van der Waals surface area contributed by atoms with Crippen LogP contribution in [0.3, 0.4) is 0 Å². The van der Waals surface area contributed by atoms with Gasteiger partial charge in [0, 0.05) is 34.1 Å². The van der Waals surface area contributed by atoms with E-state index >= 15 is 0 Å². The molecule has 5 nitrogen and oxygen atoms in total. The fraction of sp³-hybridized carbons (Fsp3) is 0.233. The maximum absolute atomic E-state index is 6.20. The molecule has 6 rings (SSSR count). The minimum absolute atomic E-state index is 0.566. The molecule has 3 heterocycles. The molecule has 1 fully saturated rings. The predicted octanol–water partition coefficient (Wildman–Crippen LogP) is 7.22. The zero-order valence-corrected chi connectivity index (χ0v) is 21.9. The maximum atomic E-state index is 6.20. The summed E-state index contributed by atoms with van der Waals surface area (Å²) < 4.78 is 1.92. The van der Waals surface area contributed by atoms with Crippen LogP contribution in [0.15, 0.2) is 85.1 Å². The lowest BCUT2D eigenvalue weighted by molar-refractivity contribution is 0.175. The minimum atomic E-state index is 0.566. The largest absolute Gasteiger partial charge is 0.299 e. The Morgan fingerprint density at radius 2 is 1.41 bits per heavy atom. The van der Waals surface area contributed by atoms with Crippen LogP contribution in [0.5, 0.6) is 0 Å². The molecule has 0 atom stereocenters. The van der Waals surface area contributed by atoms with Crippen LogP contribution in [0.25, 0.3) is 27.9 Å². The highest BCUT2D eigenvalue weighted by molar-refractivity contribution is 6.31. The van der Waals surface area contributed by atoms with Gasteiger partial charge in [-0.15, -0.1) is 10.2 Å². The first kappa shape index (κ1) is 24.1. The van der Waals surface area contributed by atoms with E-state index in [1.165, 1.54) is 5.56 Å². The number of benzene rings is 3. The van der Waals surface area contributed by atoms with Crippen molar-refractivity contribution < 1.29 is 0 Å². The van der Waals surface area contributed by atoms with Gasteiger partial charge in [-0.2, -0.15) is 9.61 Å². The number of aromatic nitrogens is 4. The van der Waals surface area contributed by atoms with E-state index in [0.717, 1.165) is 72.6 Å². The summed E-state index contributed by atoms with van der Waals surface area (Å²) in [7, 11) is 0. The summed E-state index contributed by atoms with van der Waals surface area (Å²) in [6, 6.07) is 26.4. The van der Waals surface area contributed by atoms with Crippen molar-refractivity contribution in [3.8, 4) is 22.3 Å². The summed E-state index contributed by atoms with van der Waals surface area (Å²) in [6.45, 7) is 3.21. The van der Waals surface area contributed by atoms with E-state index in [2.05, 4.69) is 45.4 Å². The first-order valence-corrected chi connectivity index (χ1v) is 13.4. The smallest absolute Gasteiger partial charge is 0.186 e. The summed E-state index contributed by atoms with van der Waals surface area (Å²) in [5.74, 6) is 1.48. The van der Waals surface area contributed by atoms with E-state index in [0.29, 0.717) is 16.0 Å². The van der Waals surface area contributed by atoms with Gasteiger partial charge in [-0.3, -0.25) is 4.90 Å². The molecule has 37 heavy (non-hydrogen) atoms. The molecule has 0 spiro atoms. The molecule has 0 radical (unpaired) electrons. The van der Waals surface area contributed by atoms with Crippen LogP contribution in [0.4, 0.5) is 0 Å². The highest BCUT2D eigenvalue weighted by Gasteiger charge is 2.23. The lowest BCUT2D eigenvalue weighted by Gasteiger charge is -2.31. The van der Waals surface area contributed by atoms with Gasteiger partial charge in [-0.05, 0) is 72.8 Å². The number of rotatable bonds is 6. The first-order valence-electron chi connectivity index (χ1n) is 12.7. The predicted molar refractivity (Wildman–Crippen MR) is 150 cm³/mol. The van der Waals surface area contributed by atoms with Gasteiger partial charge in [0.1, 0.15) is 0 Å². The Kier molecular flexibility index (Phi) is 6.92. The van der Waals surface area contributed by atoms with Gasteiger partial charge in [0.2, 0.25) is 0 Å². The first-order chi connectivity index (χ1) is 18.1. The highest BCUT2D eigenvalue weighted by Crippen LogP contribution is 2.36. The van der Waals surface area contributed by atoms with E-state index in [-0.39, 0.29) is 0 Å². The Morgan fingerprint density at radius 3 is 2.08 bits per heavy atom. The summed E-state index contributed by atoms with van der Waals surface area (Å²) in [6.07, 6.45) is 5.08. The number of likely N-dealkylation sites (tertiary alicyclic amines) is 1. The molecule has 2 aromatic heterocycles. The second-order valence-corrected chi connectivity index (χ2v) is 10.6. The summed E-state index contributed by atoms with van der Waals surface area (Å²) in [5.41, 5.74) is 6.16. The van der Waals surface area contributed by atoms with Crippen molar-refractivity contribution in [2.75, 3.05) is 13.1 Å². The molecule has 0 saturated carbocycles. The molecule has 1 aliphatic rings. The van der Waals surface area contributed by atoms with Crippen molar-refractivity contribution >= 4 is 28.8 Å². The molecule has 1 saturated heterocycles. The SMILES string of the molecule is Clc1ccc(-c2cnn3c(CC4CCN(Cc5ccccc5)CC4)nnc3c2-c2ccc(Cl)cc2)cc1. The second kappa shape index (κ2) is 10.6. The van der Waals surface area contributed by atoms with Gasteiger partial charge >= 0.3 is 0 Å². The van der Waals surface area contributed by atoms with Gasteiger partial charge in [-0.1, -0.05) is 77.8 Å². The van der Waals surface area contributed by atoms with Crippen molar-refractivity contribution in [2.45, 2.75) is 25.8 Å². The Bertz CT molecular complexity index is 1490.